The maximum absolute atomic E-state index is 11.3. The first-order valence-corrected chi connectivity index (χ1v) is 8.26. The highest BCUT2D eigenvalue weighted by Gasteiger charge is 2.12. The summed E-state index contributed by atoms with van der Waals surface area (Å²) in [6.07, 6.45) is 0. The molecule has 1 N–H and O–H groups in total. The van der Waals surface area contributed by atoms with Crippen molar-refractivity contribution in [2.75, 3.05) is 0 Å². The number of nitrogens with one attached hydrogen (secondary N) is 1. The molecule has 0 saturated carbocycles. The Morgan fingerprint density at radius 2 is 1.80 bits per heavy atom. The lowest BCUT2D eigenvalue weighted by Crippen LogP contribution is -1.89. The van der Waals surface area contributed by atoms with Crippen LogP contribution in [0.1, 0.15) is 5.56 Å². The quantitative estimate of drug-likeness (QED) is 0.737. The highest BCUT2D eigenvalue weighted by atomic mass is 35.7. The molecule has 1 aromatic heterocycles. The zero-order valence-electron chi connectivity index (χ0n) is 10.6. The normalized spacial score (nSPS) is 11.9. The largest absolute Gasteiger partial charge is 0.338 e. The summed E-state index contributed by atoms with van der Waals surface area (Å²) in [7, 11) is 1.60. The number of benzene rings is 2. The fourth-order valence-electron chi connectivity index (χ4n) is 1.99. The topological polar surface area (TPSA) is 62.8 Å². The molecule has 0 aliphatic rings. The average molecular weight is 307 g/mol. The minimum absolute atomic E-state index is 0.0497. The molecule has 0 amide bonds. The lowest BCUT2D eigenvalue weighted by Gasteiger charge is -1.96. The van der Waals surface area contributed by atoms with Gasteiger partial charge in [0.05, 0.1) is 15.9 Å². The van der Waals surface area contributed by atoms with Crippen molar-refractivity contribution in [1.82, 2.24) is 9.97 Å². The number of nitrogens with zero attached hydrogens (tertiary/aromatic N) is 1. The van der Waals surface area contributed by atoms with Crippen LogP contribution in [0.2, 0.25) is 0 Å². The number of aryl methyl sites for hydroxylation is 1. The monoisotopic (exact) mass is 306 g/mol. The minimum atomic E-state index is -3.74. The van der Waals surface area contributed by atoms with Crippen LogP contribution >= 0.6 is 10.7 Å². The summed E-state index contributed by atoms with van der Waals surface area (Å²) in [5, 5.41) is 0. The van der Waals surface area contributed by atoms with Crippen LogP contribution in [0.3, 0.4) is 0 Å². The molecule has 0 fully saturated rings. The predicted molar refractivity (Wildman–Crippen MR) is 79.3 cm³/mol. The summed E-state index contributed by atoms with van der Waals surface area (Å²) in [4.78, 5) is 7.62. The van der Waals surface area contributed by atoms with E-state index in [1.807, 2.05) is 31.2 Å². The maximum atomic E-state index is 11.3. The van der Waals surface area contributed by atoms with Crippen LogP contribution in [0.15, 0.2) is 47.4 Å². The summed E-state index contributed by atoms with van der Waals surface area (Å²) in [6.45, 7) is 2.01. The van der Waals surface area contributed by atoms with E-state index in [9.17, 15) is 8.42 Å². The predicted octanol–water partition coefficient (Wildman–Crippen LogP) is 3.47. The lowest BCUT2D eigenvalue weighted by molar-refractivity contribution is 0.609. The highest BCUT2D eigenvalue weighted by Crippen LogP contribution is 2.24. The molecule has 0 unspecified atom stereocenters. The highest BCUT2D eigenvalue weighted by molar-refractivity contribution is 8.13. The Morgan fingerprint density at radius 3 is 2.45 bits per heavy atom. The minimum Gasteiger partial charge on any atom is -0.338 e. The van der Waals surface area contributed by atoms with Crippen molar-refractivity contribution in [3.8, 4) is 11.4 Å². The summed E-state index contributed by atoms with van der Waals surface area (Å²) in [5.41, 5.74) is 3.45. The van der Waals surface area contributed by atoms with Crippen molar-refractivity contribution in [3.63, 3.8) is 0 Å². The van der Waals surface area contributed by atoms with Gasteiger partial charge in [-0.1, -0.05) is 29.8 Å². The molecule has 0 saturated heterocycles. The van der Waals surface area contributed by atoms with Crippen LogP contribution in [0.25, 0.3) is 22.4 Å². The second-order valence-electron chi connectivity index (χ2n) is 4.57. The van der Waals surface area contributed by atoms with Gasteiger partial charge in [0.15, 0.2) is 0 Å². The Balaban J connectivity index is 2.13. The van der Waals surface area contributed by atoms with Crippen LogP contribution in [0.4, 0.5) is 0 Å². The molecular formula is C14H11ClN2O2S. The molecule has 0 atom stereocenters. The van der Waals surface area contributed by atoms with Crippen LogP contribution in [0, 0.1) is 6.92 Å². The molecule has 0 spiro atoms. The molecule has 3 rings (SSSR count). The zero-order valence-corrected chi connectivity index (χ0v) is 12.2. The van der Waals surface area contributed by atoms with E-state index in [-0.39, 0.29) is 4.90 Å². The van der Waals surface area contributed by atoms with Crippen LogP contribution in [0.5, 0.6) is 0 Å². The third-order valence-electron chi connectivity index (χ3n) is 3.06. The molecule has 3 aromatic rings. The summed E-state index contributed by atoms with van der Waals surface area (Å²) in [5.74, 6) is 0.698. The number of halogens is 1. The number of aromatic amines is 1. The molecule has 4 nitrogen and oxygen atoms in total. The van der Waals surface area contributed by atoms with Crippen molar-refractivity contribution >= 4 is 30.8 Å². The van der Waals surface area contributed by atoms with Gasteiger partial charge in [-0.15, -0.1) is 0 Å². The van der Waals surface area contributed by atoms with E-state index >= 15 is 0 Å². The number of hydrogen-bond acceptors (Lipinski definition) is 3. The fraction of sp³-hybridized carbons (Fsp3) is 0.0714. The van der Waals surface area contributed by atoms with Gasteiger partial charge in [-0.2, -0.15) is 0 Å². The molecule has 20 heavy (non-hydrogen) atoms. The number of rotatable bonds is 2. The first-order valence-electron chi connectivity index (χ1n) is 5.95. The van der Waals surface area contributed by atoms with Gasteiger partial charge < -0.3 is 4.98 Å². The van der Waals surface area contributed by atoms with Crippen LogP contribution in [-0.4, -0.2) is 18.4 Å². The number of aromatic nitrogens is 2. The summed E-state index contributed by atoms with van der Waals surface area (Å²) >= 11 is 0. The molecule has 2 aromatic carbocycles. The summed E-state index contributed by atoms with van der Waals surface area (Å²) in [6, 6.07) is 12.5. The third kappa shape index (κ3) is 2.42. The lowest BCUT2D eigenvalue weighted by atomic mass is 10.1. The van der Waals surface area contributed by atoms with E-state index in [0.717, 1.165) is 11.1 Å². The SMILES string of the molecule is Cc1ccc(-c2nc3cc(S(=O)(=O)Cl)ccc3[nH]2)cc1. The molecule has 0 radical (unpaired) electrons. The van der Waals surface area contributed by atoms with Crippen molar-refractivity contribution in [2.24, 2.45) is 0 Å². The van der Waals surface area contributed by atoms with Crippen LogP contribution < -0.4 is 0 Å². The number of H-pyrrole nitrogens is 1. The first kappa shape index (κ1) is 13.1. The van der Waals surface area contributed by atoms with E-state index in [2.05, 4.69) is 9.97 Å². The van der Waals surface area contributed by atoms with Gasteiger partial charge >= 0.3 is 0 Å². The Labute approximate surface area is 120 Å². The number of imidazole rings is 1. The Kier molecular flexibility index (Phi) is 3.03. The molecule has 102 valence electrons. The van der Waals surface area contributed by atoms with E-state index in [4.69, 9.17) is 10.7 Å². The van der Waals surface area contributed by atoms with E-state index in [1.54, 1.807) is 6.07 Å². The fourth-order valence-corrected chi connectivity index (χ4v) is 2.76. The Morgan fingerprint density at radius 1 is 1.10 bits per heavy atom. The molecule has 0 aliphatic carbocycles. The molecule has 0 aliphatic heterocycles. The van der Waals surface area contributed by atoms with Gasteiger partial charge in [0.1, 0.15) is 5.82 Å². The molecular weight excluding hydrogens is 296 g/mol. The smallest absolute Gasteiger partial charge is 0.261 e. The van der Waals surface area contributed by atoms with Crippen LogP contribution in [-0.2, 0) is 9.05 Å². The van der Waals surface area contributed by atoms with Gasteiger partial charge in [-0.05, 0) is 25.1 Å². The van der Waals surface area contributed by atoms with Crippen molar-refractivity contribution < 1.29 is 8.42 Å². The van der Waals surface area contributed by atoms with Crippen molar-refractivity contribution in [1.29, 1.82) is 0 Å². The summed E-state index contributed by atoms with van der Waals surface area (Å²) < 4.78 is 22.6. The number of hydrogen-bond donors (Lipinski definition) is 1. The average Bonchev–Trinajstić information content (AvgIpc) is 2.81. The van der Waals surface area contributed by atoms with Crippen molar-refractivity contribution in [2.45, 2.75) is 11.8 Å². The molecule has 1 heterocycles. The van der Waals surface area contributed by atoms with E-state index in [1.165, 1.54) is 17.7 Å². The van der Waals surface area contributed by atoms with Crippen molar-refractivity contribution in [3.05, 3.63) is 48.0 Å². The standard InChI is InChI=1S/C14H11ClN2O2S/c1-9-2-4-10(5-3-9)14-16-12-7-6-11(20(15,18)19)8-13(12)17-14/h2-8H,1H3,(H,16,17). The Bertz CT molecular complexity index is 883. The molecule has 6 heteroatoms. The molecule has 0 bridgehead atoms. The van der Waals surface area contributed by atoms with Gasteiger partial charge in [0.25, 0.3) is 9.05 Å². The Hall–Kier alpha value is -1.85. The van der Waals surface area contributed by atoms with Gasteiger partial charge in [-0.25, -0.2) is 13.4 Å². The maximum Gasteiger partial charge on any atom is 0.261 e. The second-order valence-corrected chi connectivity index (χ2v) is 7.13. The van der Waals surface area contributed by atoms with E-state index < -0.39 is 9.05 Å². The van der Waals surface area contributed by atoms with Gasteiger partial charge in [0.2, 0.25) is 0 Å². The van der Waals surface area contributed by atoms with E-state index in [0.29, 0.717) is 11.3 Å². The second kappa shape index (κ2) is 4.61. The zero-order chi connectivity index (χ0) is 14.3. The number of fused-ring (bicyclic) bond motifs is 1. The van der Waals surface area contributed by atoms with Gasteiger partial charge in [0, 0.05) is 16.2 Å². The first-order chi connectivity index (χ1) is 9.43. The van der Waals surface area contributed by atoms with Gasteiger partial charge in [-0.3, -0.25) is 0 Å². The third-order valence-corrected chi connectivity index (χ3v) is 4.41.